The van der Waals surface area contributed by atoms with Gasteiger partial charge in [-0.05, 0) is 29.3 Å². The van der Waals surface area contributed by atoms with Gasteiger partial charge in [0.15, 0.2) is 0 Å². The number of carbonyl (C=O) groups is 1. The van der Waals surface area contributed by atoms with Crippen LogP contribution in [0.15, 0.2) is 42.7 Å². The molecule has 2 aromatic rings. The zero-order chi connectivity index (χ0) is 15.9. The normalized spacial score (nSPS) is 11.3. The first kappa shape index (κ1) is 15.9. The molecule has 2 rings (SSSR count). The third-order valence-corrected chi connectivity index (χ3v) is 3.26. The molecule has 0 saturated carbocycles. The van der Waals surface area contributed by atoms with Gasteiger partial charge < -0.3 is 14.2 Å². The van der Waals surface area contributed by atoms with Gasteiger partial charge in [-0.3, -0.25) is 0 Å². The maximum Gasteiger partial charge on any atom is 0.341 e. The van der Waals surface area contributed by atoms with Gasteiger partial charge in [0.05, 0.1) is 27.1 Å². The highest BCUT2D eigenvalue weighted by atomic mass is 16.5. The van der Waals surface area contributed by atoms with E-state index in [1.165, 1.54) is 20.5 Å². The van der Waals surface area contributed by atoms with Crippen LogP contribution in [0.2, 0.25) is 0 Å². The maximum absolute atomic E-state index is 12.0. The van der Waals surface area contributed by atoms with Gasteiger partial charge in [0.25, 0.3) is 0 Å². The van der Waals surface area contributed by atoms with Crippen LogP contribution in [0.5, 0.6) is 5.75 Å². The SMILES string of the molecule is CCCOc1ccc2cccc(C(=COC)C(=O)OC)c2c1. The number of esters is 1. The number of ether oxygens (including phenoxy) is 3. The first-order valence-corrected chi connectivity index (χ1v) is 7.18. The summed E-state index contributed by atoms with van der Waals surface area (Å²) in [6, 6.07) is 11.6. The van der Waals surface area contributed by atoms with Crippen molar-refractivity contribution in [1.82, 2.24) is 0 Å². The van der Waals surface area contributed by atoms with Crippen LogP contribution in [0.3, 0.4) is 0 Å². The van der Waals surface area contributed by atoms with Crippen LogP contribution in [-0.2, 0) is 14.3 Å². The number of hydrogen-bond acceptors (Lipinski definition) is 4. The van der Waals surface area contributed by atoms with Crippen molar-refractivity contribution in [2.45, 2.75) is 13.3 Å². The van der Waals surface area contributed by atoms with E-state index in [2.05, 4.69) is 6.92 Å². The number of hydrogen-bond donors (Lipinski definition) is 0. The Labute approximate surface area is 130 Å². The van der Waals surface area contributed by atoms with Gasteiger partial charge in [0.1, 0.15) is 11.3 Å². The smallest absolute Gasteiger partial charge is 0.341 e. The molecule has 0 amide bonds. The minimum Gasteiger partial charge on any atom is -0.503 e. The van der Waals surface area contributed by atoms with Crippen LogP contribution < -0.4 is 4.74 Å². The van der Waals surface area contributed by atoms with Crippen LogP contribution in [0.4, 0.5) is 0 Å². The first-order chi connectivity index (χ1) is 10.7. The molecule has 0 spiro atoms. The van der Waals surface area contributed by atoms with Crippen molar-refractivity contribution in [2.75, 3.05) is 20.8 Å². The molecular weight excluding hydrogens is 280 g/mol. The van der Waals surface area contributed by atoms with Crippen molar-refractivity contribution in [3.05, 3.63) is 48.2 Å². The lowest BCUT2D eigenvalue weighted by atomic mass is 9.98. The van der Waals surface area contributed by atoms with Crippen molar-refractivity contribution in [1.29, 1.82) is 0 Å². The maximum atomic E-state index is 12.0. The van der Waals surface area contributed by atoms with Gasteiger partial charge in [-0.2, -0.15) is 0 Å². The molecule has 0 aromatic heterocycles. The fourth-order valence-corrected chi connectivity index (χ4v) is 2.25. The van der Waals surface area contributed by atoms with Gasteiger partial charge in [0, 0.05) is 5.56 Å². The summed E-state index contributed by atoms with van der Waals surface area (Å²) in [5.41, 5.74) is 1.14. The second-order valence-electron chi connectivity index (χ2n) is 4.80. The quantitative estimate of drug-likeness (QED) is 0.462. The van der Waals surface area contributed by atoms with Crippen molar-refractivity contribution in [2.24, 2.45) is 0 Å². The Morgan fingerprint density at radius 3 is 2.68 bits per heavy atom. The molecule has 0 aliphatic rings. The predicted molar refractivity (Wildman–Crippen MR) is 86.7 cm³/mol. The minimum absolute atomic E-state index is 0.378. The molecule has 4 heteroatoms. The molecule has 0 heterocycles. The van der Waals surface area contributed by atoms with Gasteiger partial charge in [-0.15, -0.1) is 0 Å². The van der Waals surface area contributed by atoms with E-state index in [0.717, 1.165) is 28.5 Å². The van der Waals surface area contributed by atoms with Crippen molar-refractivity contribution < 1.29 is 19.0 Å². The third-order valence-electron chi connectivity index (χ3n) is 3.26. The summed E-state index contributed by atoms with van der Waals surface area (Å²) < 4.78 is 15.6. The van der Waals surface area contributed by atoms with Crippen LogP contribution in [0, 0.1) is 0 Å². The molecule has 4 nitrogen and oxygen atoms in total. The molecule has 0 N–H and O–H groups in total. The van der Waals surface area contributed by atoms with Crippen molar-refractivity contribution >= 4 is 22.3 Å². The van der Waals surface area contributed by atoms with Crippen LogP contribution in [0.1, 0.15) is 18.9 Å². The van der Waals surface area contributed by atoms with E-state index in [4.69, 9.17) is 14.2 Å². The molecule has 0 saturated heterocycles. The highest BCUT2D eigenvalue weighted by molar-refractivity contribution is 6.20. The minimum atomic E-state index is -0.436. The molecule has 0 atom stereocenters. The van der Waals surface area contributed by atoms with Gasteiger partial charge in [-0.25, -0.2) is 4.79 Å². The summed E-state index contributed by atoms with van der Waals surface area (Å²) >= 11 is 0. The summed E-state index contributed by atoms with van der Waals surface area (Å²) in [6.07, 6.45) is 2.34. The second kappa shape index (κ2) is 7.50. The molecule has 0 aliphatic carbocycles. The number of methoxy groups -OCH3 is 2. The van der Waals surface area contributed by atoms with Gasteiger partial charge in [0.2, 0.25) is 0 Å². The molecule has 0 fully saturated rings. The van der Waals surface area contributed by atoms with E-state index < -0.39 is 5.97 Å². The topological polar surface area (TPSA) is 44.8 Å². The van der Waals surface area contributed by atoms with Gasteiger partial charge >= 0.3 is 5.97 Å². The lowest BCUT2D eigenvalue weighted by molar-refractivity contribution is -0.133. The van der Waals surface area contributed by atoms with Crippen LogP contribution >= 0.6 is 0 Å². The van der Waals surface area contributed by atoms with E-state index >= 15 is 0 Å². The first-order valence-electron chi connectivity index (χ1n) is 7.18. The number of rotatable bonds is 6. The van der Waals surface area contributed by atoms with E-state index in [9.17, 15) is 4.79 Å². The van der Waals surface area contributed by atoms with Crippen molar-refractivity contribution in [3.8, 4) is 5.75 Å². The molecular formula is C18H20O4. The standard InChI is InChI=1S/C18H20O4/c1-4-10-22-14-9-8-13-6-5-7-15(16(13)11-14)17(12-20-2)18(19)21-3/h5-9,11-12H,4,10H2,1-3H3. The fraction of sp³-hybridized carbons (Fsp3) is 0.278. The van der Waals surface area contributed by atoms with E-state index in [0.29, 0.717) is 12.2 Å². The number of benzene rings is 2. The Kier molecular flexibility index (Phi) is 5.42. The summed E-state index contributed by atoms with van der Waals surface area (Å²) in [6.45, 7) is 2.72. The predicted octanol–water partition coefficient (Wildman–Crippen LogP) is 3.79. The monoisotopic (exact) mass is 300 g/mol. The summed E-state index contributed by atoms with van der Waals surface area (Å²) in [7, 11) is 2.86. The Hall–Kier alpha value is -2.49. The van der Waals surface area contributed by atoms with Crippen LogP contribution in [0.25, 0.3) is 16.3 Å². The Morgan fingerprint density at radius 1 is 1.18 bits per heavy atom. The fourth-order valence-electron chi connectivity index (χ4n) is 2.25. The highest BCUT2D eigenvalue weighted by Crippen LogP contribution is 2.29. The molecule has 2 aromatic carbocycles. The number of fused-ring (bicyclic) bond motifs is 1. The zero-order valence-electron chi connectivity index (χ0n) is 13.1. The average Bonchev–Trinajstić information content (AvgIpc) is 2.56. The highest BCUT2D eigenvalue weighted by Gasteiger charge is 2.16. The Morgan fingerprint density at radius 2 is 2.00 bits per heavy atom. The molecule has 116 valence electrons. The lowest BCUT2D eigenvalue weighted by Crippen LogP contribution is -2.05. The Balaban J connectivity index is 2.56. The molecule has 0 unspecified atom stereocenters. The second-order valence-corrected chi connectivity index (χ2v) is 4.80. The largest absolute Gasteiger partial charge is 0.503 e. The molecule has 0 radical (unpaired) electrons. The van der Waals surface area contributed by atoms with E-state index in [1.807, 2.05) is 36.4 Å². The van der Waals surface area contributed by atoms with E-state index in [1.54, 1.807) is 0 Å². The van der Waals surface area contributed by atoms with Crippen molar-refractivity contribution in [3.63, 3.8) is 0 Å². The molecule has 22 heavy (non-hydrogen) atoms. The lowest BCUT2D eigenvalue weighted by Gasteiger charge is -2.11. The zero-order valence-corrected chi connectivity index (χ0v) is 13.1. The van der Waals surface area contributed by atoms with Crippen LogP contribution in [-0.4, -0.2) is 26.8 Å². The Bertz CT molecular complexity index is 689. The van der Waals surface area contributed by atoms with Gasteiger partial charge in [-0.1, -0.05) is 31.2 Å². The summed E-state index contributed by atoms with van der Waals surface area (Å²) in [5.74, 6) is 0.345. The number of carbonyl (C=O) groups excluding carboxylic acids is 1. The average molecular weight is 300 g/mol. The summed E-state index contributed by atoms with van der Waals surface area (Å²) in [5, 5.41) is 1.94. The summed E-state index contributed by atoms with van der Waals surface area (Å²) in [4.78, 5) is 12.0. The third kappa shape index (κ3) is 3.39. The molecule has 0 bridgehead atoms. The van der Waals surface area contributed by atoms with E-state index in [-0.39, 0.29) is 0 Å². The molecule has 0 aliphatic heterocycles.